The lowest BCUT2D eigenvalue weighted by atomic mass is 10.3. The molecule has 0 fully saturated rings. The van der Waals surface area contributed by atoms with E-state index in [2.05, 4.69) is 15.5 Å². The molecule has 0 amide bonds. The molecule has 0 aliphatic heterocycles. The van der Waals surface area contributed by atoms with E-state index in [4.69, 9.17) is 4.74 Å². The molecule has 3 aromatic rings. The van der Waals surface area contributed by atoms with Crippen molar-refractivity contribution >= 4 is 11.8 Å². The van der Waals surface area contributed by atoms with E-state index in [1.54, 1.807) is 4.68 Å². The molecule has 0 aliphatic rings. The first kappa shape index (κ1) is 14.2. The molecular weight excluding hydrogens is 304 g/mol. The van der Waals surface area contributed by atoms with Crippen LogP contribution in [0.4, 0.5) is 0 Å². The number of ether oxygens (including phenoxy) is 1. The predicted octanol–water partition coefficient (Wildman–Crippen LogP) is 2.23. The van der Waals surface area contributed by atoms with Gasteiger partial charge in [0.1, 0.15) is 5.75 Å². The molecule has 1 heterocycles. The molecule has 0 unspecified atom stereocenters. The first-order valence-electron chi connectivity index (χ1n) is 6.30. The van der Waals surface area contributed by atoms with Crippen molar-refractivity contribution in [2.45, 2.75) is 10.1 Å². The Labute approximate surface area is 130 Å². The maximum Gasteiger partial charge on any atom is 0.219 e. The normalized spacial score (nSPS) is 10.6. The minimum atomic E-state index is -0.0680. The van der Waals surface area contributed by atoms with Gasteiger partial charge >= 0.3 is 0 Å². The highest BCUT2D eigenvalue weighted by Crippen LogP contribution is 2.40. The number of tetrazole rings is 1. The number of aromatic nitrogens is 4. The van der Waals surface area contributed by atoms with E-state index in [0.717, 1.165) is 17.4 Å². The zero-order valence-electron chi connectivity index (χ0n) is 11.5. The highest BCUT2D eigenvalue weighted by molar-refractivity contribution is 7.99. The lowest BCUT2D eigenvalue weighted by Crippen LogP contribution is -1.98. The molecule has 0 saturated heterocycles. The molecule has 0 radical (unpaired) electrons. The molecular formula is C14H12N4O3S. The van der Waals surface area contributed by atoms with Crippen LogP contribution in [-0.2, 0) is 0 Å². The summed E-state index contributed by atoms with van der Waals surface area (Å²) >= 11 is 1.14. The van der Waals surface area contributed by atoms with E-state index in [-0.39, 0.29) is 17.2 Å². The topological polar surface area (TPSA) is 93.3 Å². The Bertz CT molecular complexity index is 792. The third-order valence-corrected chi connectivity index (χ3v) is 3.89. The molecule has 0 saturated carbocycles. The van der Waals surface area contributed by atoms with Gasteiger partial charge in [-0.15, -0.1) is 5.10 Å². The molecule has 8 heteroatoms. The Morgan fingerprint density at radius 3 is 2.59 bits per heavy atom. The molecule has 0 bridgehead atoms. The Kier molecular flexibility index (Phi) is 3.84. The average molecular weight is 316 g/mol. The smallest absolute Gasteiger partial charge is 0.219 e. The number of phenols is 2. The Hall–Kier alpha value is -2.74. The first-order chi connectivity index (χ1) is 10.7. The van der Waals surface area contributed by atoms with Crippen LogP contribution in [-0.4, -0.2) is 37.5 Å². The third-order valence-electron chi connectivity index (χ3n) is 2.90. The molecule has 2 N–H and O–H groups in total. The van der Waals surface area contributed by atoms with Crippen LogP contribution < -0.4 is 4.74 Å². The Morgan fingerprint density at radius 1 is 1.09 bits per heavy atom. The van der Waals surface area contributed by atoms with E-state index in [0.29, 0.717) is 10.1 Å². The zero-order valence-corrected chi connectivity index (χ0v) is 12.4. The van der Waals surface area contributed by atoms with Crippen LogP contribution in [0, 0.1) is 0 Å². The molecule has 3 rings (SSSR count). The van der Waals surface area contributed by atoms with Crippen molar-refractivity contribution in [3.05, 3.63) is 42.5 Å². The van der Waals surface area contributed by atoms with Crippen molar-refractivity contribution in [1.82, 2.24) is 20.2 Å². The van der Waals surface area contributed by atoms with E-state index >= 15 is 0 Å². The van der Waals surface area contributed by atoms with Crippen LogP contribution in [0.25, 0.3) is 5.69 Å². The SMILES string of the molecule is COc1cc(O)c(Sc2nnnn2-c2ccccc2)cc1O. The molecule has 1 aromatic heterocycles. The van der Waals surface area contributed by atoms with Gasteiger partial charge in [0.05, 0.1) is 17.7 Å². The van der Waals surface area contributed by atoms with Gasteiger partial charge in [0.2, 0.25) is 5.16 Å². The summed E-state index contributed by atoms with van der Waals surface area (Å²) in [5, 5.41) is 31.8. The zero-order chi connectivity index (χ0) is 15.5. The summed E-state index contributed by atoms with van der Waals surface area (Å²) in [5.74, 6) is 0.105. The van der Waals surface area contributed by atoms with Crippen LogP contribution in [0.5, 0.6) is 17.2 Å². The fourth-order valence-electron chi connectivity index (χ4n) is 1.86. The van der Waals surface area contributed by atoms with Gasteiger partial charge in [-0.2, -0.15) is 4.68 Å². The van der Waals surface area contributed by atoms with Gasteiger partial charge in [-0.1, -0.05) is 18.2 Å². The summed E-state index contributed by atoms with van der Waals surface area (Å²) in [4.78, 5) is 0.422. The van der Waals surface area contributed by atoms with Crippen LogP contribution >= 0.6 is 11.8 Å². The van der Waals surface area contributed by atoms with E-state index in [1.165, 1.54) is 19.2 Å². The molecule has 2 aromatic carbocycles. The van der Waals surface area contributed by atoms with Crippen LogP contribution in [0.2, 0.25) is 0 Å². The largest absolute Gasteiger partial charge is 0.507 e. The second-order valence-electron chi connectivity index (χ2n) is 4.30. The van der Waals surface area contributed by atoms with Crippen molar-refractivity contribution in [3.63, 3.8) is 0 Å². The quantitative estimate of drug-likeness (QED) is 0.713. The van der Waals surface area contributed by atoms with Crippen molar-refractivity contribution in [3.8, 4) is 22.9 Å². The second kappa shape index (κ2) is 5.94. The monoisotopic (exact) mass is 316 g/mol. The number of hydrogen-bond donors (Lipinski definition) is 2. The van der Waals surface area contributed by atoms with E-state index in [9.17, 15) is 10.2 Å². The fourth-order valence-corrected chi connectivity index (χ4v) is 2.69. The van der Waals surface area contributed by atoms with E-state index in [1.807, 2.05) is 30.3 Å². The van der Waals surface area contributed by atoms with Gasteiger partial charge < -0.3 is 14.9 Å². The Morgan fingerprint density at radius 2 is 1.86 bits per heavy atom. The molecule has 112 valence electrons. The van der Waals surface area contributed by atoms with Crippen molar-refractivity contribution in [2.24, 2.45) is 0 Å². The van der Waals surface area contributed by atoms with Crippen molar-refractivity contribution in [1.29, 1.82) is 0 Å². The van der Waals surface area contributed by atoms with Gasteiger partial charge in [-0.3, -0.25) is 0 Å². The first-order valence-corrected chi connectivity index (χ1v) is 7.12. The molecule has 0 spiro atoms. The summed E-state index contributed by atoms with van der Waals surface area (Å²) in [7, 11) is 1.41. The number of rotatable bonds is 4. The standard InChI is InChI=1S/C14H12N4O3S/c1-21-12-7-11(20)13(8-10(12)19)22-14-15-16-17-18(14)9-5-3-2-4-6-9/h2-8,19-20H,1H3. The summed E-state index contributed by atoms with van der Waals surface area (Å²) in [5.41, 5.74) is 0.798. The Balaban J connectivity index is 1.95. The van der Waals surface area contributed by atoms with E-state index < -0.39 is 0 Å². The maximum absolute atomic E-state index is 10.0. The minimum absolute atomic E-state index is 0.0257. The van der Waals surface area contributed by atoms with Gasteiger partial charge in [-0.05, 0) is 34.3 Å². The number of aromatic hydroxyl groups is 2. The number of hydrogen-bond acceptors (Lipinski definition) is 7. The van der Waals surface area contributed by atoms with Crippen molar-refractivity contribution < 1.29 is 14.9 Å². The number of para-hydroxylation sites is 1. The number of nitrogens with zero attached hydrogens (tertiary/aromatic N) is 4. The van der Waals surface area contributed by atoms with Gasteiger partial charge in [0.25, 0.3) is 0 Å². The number of phenolic OH excluding ortho intramolecular Hbond substituents is 2. The molecule has 22 heavy (non-hydrogen) atoms. The van der Waals surface area contributed by atoms with Crippen LogP contribution in [0.1, 0.15) is 0 Å². The summed E-state index contributed by atoms with van der Waals surface area (Å²) in [6.45, 7) is 0. The second-order valence-corrected chi connectivity index (χ2v) is 5.31. The van der Waals surface area contributed by atoms with Crippen molar-refractivity contribution in [2.75, 3.05) is 7.11 Å². The molecule has 7 nitrogen and oxygen atoms in total. The lowest BCUT2D eigenvalue weighted by molar-refractivity contribution is 0.366. The number of benzene rings is 2. The van der Waals surface area contributed by atoms with Gasteiger partial charge in [-0.25, -0.2) is 0 Å². The van der Waals surface area contributed by atoms with Crippen LogP contribution in [0.3, 0.4) is 0 Å². The van der Waals surface area contributed by atoms with Gasteiger partial charge in [0.15, 0.2) is 11.5 Å². The highest BCUT2D eigenvalue weighted by atomic mass is 32.2. The molecule has 0 aliphatic carbocycles. The fraction of sp³-hybridized carbons (Fsp3) is 0.0714. The summed E-state index contributed by atoms with van der Waals surface area (Å²) in [6, 6.07) is 12.1. The lowest BCUT2D eigenvalue weighted by Gasteiger charge is -2.08. The van der Waals surface area contributed by atoms with Gasteiger partial charge in [0, 0.05) is 12.1 Å². The third kappa shape index (κ3) is 2.68. The number of methoxy groups -OCH3 is 1. The maximum atomic E-state index is 10.0. The van der Waals surface area contributed by atoms with Crippen LogP contribution in [0.15, 0.2) is 52.5 Å². The molecule has 0 atom stereocenters. The average Bonchev–Trinajstić information content (AvgIpc) is 2.99. The predicted molar refractivity (Wildman–Crippen MR) is 79.6 cm³/mol. The summed E-state index contributed by atoms with van der Waals surface area (Å²) in [6.07, 6.45) is 0. The summed E-state index contributed by atoms with van der Waals surface area (Å²) < 4.78 is 6.49. The minimum Gasteiger partial charge on any atom is -0.507 e. The highest BCUT2D eigenvalue weighted by Gasteiger charge is 2.15.